The molecular weight excluding hydrogens is 270 g/mol. The van der Waals surface area contributed by atoms with Crippen LogP contribution in [0.2, 0.25) is 0 Å². The quantitative estimate of drug-likeness (QED) is 0.651. The van der Waals surface area contributed by atoms with Crippen LogP contribution < -0.4 is 5.73 Å². The molecule has 2 heterocycles. The number of ether oxygens (including phenoxy) is 1. The molecular formula is C15H19N3O3. The molecule has 0 saturated carbocycles. The molecule has 1 aromatic carbocycles. The monoisotopic (exact) mass is 289 g/mol. The zero-order valence-electron chi connectivity index (χ0n) is 12.0. The van der Waals surface area contributed by atoms with Gasteiger partial charge in [0.2, 0.25) is 0 Å². The summed E-state index contributed by atoms with van der Waals surface area (Å²) in [6.45, 7) is 5.64. The fourth-order valence-corrected chi connectivity index (χ4v) is 2.92. The Balaban J connectivity index is 1.77. The molecule has 21 heavy (non-hydrogen) atoms. The van der Waals surface area contributed by atoms with Gasteiger partial charge >= 0.3 is 0 Å². The minimum atomic E-state index is -0.247. The van der Waals surface area contributed by atoms with E-state index in [1.165, 1.54) is 4.90 Å². The van der Waals surface area contributed by atoms with Crippen LogP contribution in [-0.2, 0) is 4.74 Å². The first kappa shape index (κ1) is 14.0. The predicted molar refractivity (Wildman–Crippen MR) is 78.1 cm³/mol. The van der Waals surface area contributed by atoms with Crippen LogP contribution in [-0.4, -0.2) is 60.5 Å². The van der Waals surface area contributed by atoms with Crippen LogP contribution >= 0.6 is 0 Å². The van der Waals surface area contributed by atoms with E-state index >= 15 is 0 Å². The molecule has 0 aromatic heterocycles. The normalized spacial score (nSPS) is 20.7. The van der Waals surface area contributed by atoms with Crippen LogP contribution in [0.3, 0.4) is 0 Å². The number of nitrogens with zero attached hydrogens (tertiary/aromatic N) is 2. The number of nitrogen functional groups attached to an aromatic ring is 1. The molecule has 0 aliphatic carbocycles. The number of rotatable bonds is 3. The third-order valence-corrected chi connectivity index (χ3v) is 4.01. The van der Waals surface area contributed by atoms with E-state index in [9.17, 15) is 9.59 Å². The Labute approximate surface area is 123 Å². The maximum atomic E-state index is 12.4. The van der Waals surface area contributed by atoms with Crippen LogP contribution in [0, 0.1) is 0 Å². The summed E-state index contributed by atoms with van der Waals surface area (Å²) < 4.78 is 5.31. The van der Waals surface area contributed by atoms with Crippen molar-refractivity contribution in [2.45, 2.75) is 13.0 Å². The number of fused-ring (bicyclic) bond motifs is 1. The molecule has 6 heteroatoms. The SMILES string of the molecule is CC(CN1CCOCC1)N1C(=O)c2ccc(N)cc2C1=O. The fourth-order valence-electron chi connectivity index (χ4n) is 2.92. The average molecular weight is 289 g/mol. The van der Waals surface area contributed by atoms with Crippen LogP contribution in [0.1, 0.15) is 27.6 Å². The van der Waals surface area contributed by atoms with Gasteiger partial charge in [-0.1, -0.05) is 0 Å². The van der Waals surface area contributed by atoms with Gasteiger partial charge in [-0.2, -0.15) is 0 Å². The van der Waals surface area contributed by atoms with Crippen molar-refractivity contribution in [3.05, 3.63) is 29.3 Å². The summed E-state index contributed by atoms with van der Waals surface area (Å²) in [5.41, 5.74) is 7.06. The molecule has 1 aromatic rings. The Morgan fingerprint density at radius 1 is 1.19 bits per heavy atom. The second-order valence-corrected chi connectivity index (χ2v) is 5.55. The van der Waals surface area contributed by atoms with Crippen LogP contribution in [0.25, 0.3) is 0 Å². The maximum absolute atomic E-state index is 12.4. The topological polar surface area (TPSA) is 75.9 Å². The van der Waals surface area contributed by atoms with Crippen LogP contribution in [0.4, 0.5) is 5.69 Å². The van der Waals surface area contributed by atoms with E-state index in [1.807, 2.05) is 6.92 Å². The van der Waals surface area contributed by atoms with Gasteiger partial charge in [-0.05, 0) is 25.1 Å². The van der Waals surface area contributed by atoms with E-state index in [2.05, 4.69) is 4.90 Å². The van der Waals surface area contributed by atoms with Gasteiger partial charge in [0.05, 0.1) is 30.4 Å². The lowest BCUT2D eigenvalue weighted by Gasteiger charge is -2.32. The Morgan fingerprint density at radius 3 is 2.57 bits per heavy atom. The van der Waals surface area contributed by atoms with Crippen LogP contribution in [0.5, 0.6) is 0 Å². The lowest BCUT2D eigenvalue weighted by molar-refractivity contribution is 0.0243. The van der Waals surface area contributed by atoms with Gasteiger partial charge in [0.1, 0.15) is 0 Å². The molecule has 1 unspecified atom stereocenters. The number of hydrogen-bond donors (Lipinski definition) is 1. The first-order valence-corrected chi connectivity index (χ1v) is 7.15. The van der Waals surface area contributed by atoms with Gasteiger partial charge in [0.15, 0.2) is 0 Å². The molecule has 3 rings (SSSR count). The standard InChI is InChI=1S/C15H19N3O3/c1-10(9-17-4-6-21-7-5-17)18-14(19)12-3-2-11(16)8-13(12)15(18)20/h2-3,8,10H,4-7,9,16H2,1H3. The van der Waals surface area contributed by atoms with Gasteiger partial charge in [-0.15, -0.1) is 0 Å². The fraction of sp³-hybridized carbons (Fsp3) is 0.467. The summed E-state index contributed by atoms with van der Waals surface area (Å²) in [5.74, 6) is -0.473. The Kier molecular flexibility index (Phi) is 3.65. The van der Waals surface area contributed by atoms with E-state index in [-0.39, 0.29) is 17.9 Å². The summed E-state index contributed by atoms with van der Waals surface area (Å²) in [6, 6.07) is 4.69. The smallest absolute Gasteiger partial charge is 0.261 e. The molecule has 1 atom stereocenters. The maximum Gasteiger partial charge on any atom is 0.261 e. The molecule has 2 aliphatic rings. The van der Waals surface area contributed by atoms with Gasteiger partial charge in [-0.3, -0.25) is 19.4 Å². The van der Waals surface area contributed by atoms with E-state index in [4.69, 9.17) is 10.5 Å². The molecule has 2 N–H and O–H groups in total. The molecule has 0 bridgehead atoms. The van der Waals surface area contributed by atoms with Gasteiger partial charge in [0, 0.05) is 25.3 Å². The third-order valence-electron chi connectivity index (χ3n) is 4.01. The summed E-state index contributed by atoms with van der Waals surface area (Å²) in [6.07, 6.45) is 0. The molecule has 1 fully saturated rings. The molecule has 0 spiro atoms. The van der Waals surface area contributed by atoms with Crippen molar-refractivity contribution >= 4 is 17.5 Å². The second kappa shape index (κ2) is 5.46. The molecule has 112 valence electrons. The minimum Gasteiger partial charge on any atom is -0.399 e. The molecule has 2 amide bonds. The van der Waals surface area contributed by atoms with E-state index in [0.29, 0.717) is 36.6 Å². The molecule has 0 radical (unpaired) electrons. The number of amides is 2. The van der Waals surface area contributed by atoms with Crippen molar-refractivity contribution < 1.29 is 14.3 Å². The Morgan fingerprint density at radius 2 is 1.86 bits per heavy atom. The minimum absolute atomic E-state index is 0.170. The number of carbonyl (C=O) groups is 2. The zero-order valence-corrected chi connectivity index (χ0v) is 12.0. The number of benzene rings is 1. The number of imide groups is 1. The van der Waals surface area contributed by atoms with E-state index < -0.39 is 0 Å². The van der Waals surface area contributed by atoms with Crippen molar-refractivity contribution in [3.63, 3.8) is 0 Å². The summed E-state index contributed by atoms with van der Waals surface area (Å²) in [4.78, 5) is 28.4. The van der Waals surface area contributed by atoms with Crippen molar-refractivity contribution in [1.82, 2.24) is 9.80 Å². The van der Waals surface area contributed by atoms with E-state index in [1.54, 1.807) is 18.2 Å². The van der Waals surface area contributed by atoms with Crippen molar-refractivity contribution in [2.75, 3.05) is 38.6 Å². The molecule has 2 aliphatic heterocycles. The third kappa shape index (κ3) is 2.52. The first-order chi connectivity index (χ1) is 10.1. The van der Waals surface area contributed by atoms with Crippen molar-refractivity contribution in [3.8, 4) is 0 Å². The largest absolute Gasteiger partial charge is 0.399 e. The van der Waals surface area contributed by atoms with Crippen LogP contribution in [0.15, 0.2) is 18.2 Å². The zero-order chi connectivity index (χ0) is 15.0. The lowest BCUT2D eigenvalue weighted by atomic mass is 10.1. The van der Waals surface area contributed by atoms with Crippen molar-refractivity contribution in [2.24, 2.45) is 0 Å². The van der Waals surface area contributed by atoms with Crippen molar-refractivity contribution in [1.29, 1.82) is 0 Å². The highest BCUT2D eigenvalue weighted by atomic mass is 16.5. The Bertz CT molecular complexity index is 582. The average Bonchev–Trinajstić information content (AvgIpc) is 2.71. The van der Waals surface area contributed by atoms with Gasteiger partial charge in [-0.25, -0.2) is 0 Å². The van der Waals surface area contributed by atoms with E-state index in [0.717, 1.165) is 13.1 Å². The number of nitrogens with two attached hydrogens (primary N) is 1. The molecule has 1 saturated heterocycles. The first-order valence-electron chi connectivity index (χ1n) is 7.15. The Hall–Kier alpha value is -1.92. The molecule has 6 nitrogen and oxygen atoms in total. The lowest BCUT2D eigenvalue weighted by Crippen LogP contribution is -2.48. The number of anilines is 1. The number of morpholine rings is 1. The summed E-state index contributed by atoms with van der Waals surface area (Å²) >= 11 is 0. The number of carbonyl (C=O) groups excluding carboxylic acids is 2. The summed E-state index contributed by atoms with van der Waals surface area (Å²) in [5, 5.41) is 0. The highest BCUT2D eigenvalue weighted by Gasteiger charge is 2.38. The number of hydrogen-bond acceptors (Lipinski definition) is 5. The second-order valence-electron chi connectivity index (χ2n) is 5.55. The highest BCUT2D eigenvalue weighted by Crippen LogP contribution is 2.26. The highest BCUT2D eigenvalue weighted by molar-refractivity contribution is 6.21. The van der Waals surface area contributed by atoms with Gasteiger partial charge in [0.25, 0.3) is 11.8 Å². The van der Waals surface area contributed by atoms with Gasteiger partial charge < -0.3 is 10.5 Å². The summed E-state index contributed by atoms with van der Waals surface area (Å²) in [7, 11) is 0. The predicted octanol–water partition coefficient (Wildman–Crippen LogP) is 0.585.